The summed E-state index contributed by atoms with van der Waals surface area (Å²) in [5, 5.41) is 47.5. The molecule has 3 aliphatic heterocycles. The minimum absolute atomic E-state index is 0.0370. The number of hydrogen-bond donors (Lipinski definition) is 4. The predicted octanol–water partition coefficient (Wildman–Crippen LogP) is 4.64. The zero-order valence-corrected chi connectivity index (χ0v) is 38.3. The molecule has 1 aromatic carbocycles. The second-order valence-corrected chi connectivity index (χ2v) is 18.9. The third kappa shape index (κ3) is 12.2. The fraction of sp³-hybridized carbons (Fsp3) is 0.822. The molecule has 0 radical (unpaired) electrons. The Kier molecular flexibility index (Phi) is 17.4. The van der Waals surface area contributed by atoms with Gasteiger partial charge >= 0.3 is 12.1 Å². The highest BCUT2D eigenvalue weighted by Crippen LogP contribution is 2.40. The zero-order chi connectivity index (χ0) is 44.9. The first-order valence-corrected chi connectivity index (χ1v) is 21.8. The smallest absolute Gasteiger partial charge is 0.410 e. The summed E-state index contributed by atoms with van der Waals surface area (Å²) in [5.41, 5.74) is -3.48. The maximum absolute atomic E-state index is 14.4. The molecule has 0 saturated carbocycles. The maximum atomic E-state index is 14.4. The van der Waals surface area contributed by atoms with Crippen molar-refractivity contribution < 1.29 is 63.2 Å². The summed E-state index contributed by atoms with van der Waals surface area (Å²) in [4.78, 5) is 31.9. The van der Waals surface area contributed by atoms with Gasteiger partial charge in [-0.25, -0.2) is 4.79 Å². The number of aliphatic hydroxyl groups excluding tert-OH is 2. The molecule has 15 heteroatoms. The Morgan fingerprint density at radius 1 is 0.933 bits per heavy atom. The molecule has 3 aliphatic rings. The van der Waals surface area contributed by atoms with Gasteiger partial charge in [0.05, 0.1) is 41.5 Å². The van der Waals surface area contributed by atoms with Crippen LogP contribution in [0.3, 0.4) is 0 Å². The Hall–Kier alpha value is -2.44. The van der Waals surface area contributed by atoms with Gasteiger partial charge in [0.15, 0.2) is 12.6 Å². The summed E-state index contributed by atoms with van der Waals surface area (Å²) in [6.45, 7) is 17.8. The number of rotatable bonds is 9. The molecule has 1 aromatic rings. The highest BCUT2D eigenvalue weighted by Gasteiger charge is 2.52. The van der Waals surface area contributed by atoms with Gasteiger partial charge in [0.2, 0.25) is 0 Å². The average Bonchev–Trinajstić information content (AvgIpc) is 3.18. The number of hydrogen-bond acceptors (Lipinski definition) is 14. The Bertz CT molecular complexity index is 1510. The average molecular weight is 853 g/mol. The minimum atomic E-state index is -1.68. The number of amides is 1. The first kappa shape index (κ1) is 50.2. The molecule has 0 spiro atoms. The number of carbonyl (C=O) groups is 2. The first-order chi connectivity index (χ1) is 27.9. The Balaban J connectivity index is 1.81. The molecule has 1 amide bonds. The van der Waals surface area contributed by atoms with Crippen LogP contribution in [0.25, 0.3) is 0 Å². The highest BCUT2D eigenvalue weighted by atomic mass is 16.7. The summed E-state index contributed by atoms with van der Waals surface area (Å²) in [6.07, 6.45) is -7.84. The van der Waals surface area contributed by atoms with Gasteiger partial charge in [0.1, 0.15) is 30.5 Å². The third-order valence-electron chi connectivity index (χ3n) is 13.1. The lowest BCUT2D eigenvalue weighted by molar-refractivity contribution is -0.318. The van der Waals surface area contributed by atoms with E-state index in [4.69, 9.17) is 33.2 Å². The van der Waals surface area contributed by atoms with Crippen molar-refractivity contribution in [2.75, 3.05) is 27.7 Å². The largest absolute Gasteiger partial charge is 0.459 e. The van der Waals surface area contributed by atoms with E-state index in [0.29, 0.717) is 6.42 Å². The van der Waals surface area contributed by atoms with E-state index in [1.54, 1.807) is 46.4 Å². The minimum Gasteiger partial charge on any atom is -0.459 e. The lowest BCUT2D eigenvalue weighted by atomic mass is 9.77. The van der Waals surface area contributed by atoms with Gasteiger partial charge in [-0.2, -0.15) is 0 Å². The van der Waals surface area contributed by atoms with E-state index >= 15 is 0 Å². The van der Waals surface area contributed by atoms with Crippen molar-refractivity contribution in [1.82, 2.24) is 9.80 Å². The van der Waals surface area contributed by atoms with Crippen LogP contribution in [0.5, 0.6) is 0 Å². The van der Waals surface area contributed by atoms with E-state index in [9.17, 15) is 30.0 Å². The maximum Gasteiger partial charge on any atom is 0.410 e. The van der Waals surface area contributed by atoms with Gasteiger partial charge in [0.25, 0.3) is 0 Å². The second-order valence-electron chi connectivity index (χ2n) is 18.9. The van der Waals surface area contributed by atoms with Crippen LogP contribution >= 0.6 is 0 Å². The number of benzene rings is 1. The fourth-order valence-corrected chi connectivity index (χ4v) is 9.61. The highest BCUT2D eigenvalue weighted by molar-refractivity contribution is 5.73. The molecule has 17 atom stereocenters. The van der Waals surface area contributed by atoms with Gasteiger partial charge in [-0.1, -0.05) is 51.1 Å². The summed E-state index contributed by atoms with van der Waals surface area (Å²) >= 11 is 0. The summed E-state index contributed by atoms with van der Waals surface area (Å²) in [5.74, 6) is -2.85. The van der Waals surface area contributed by atoms with Crippen LogP contribution in [-0.2, 0) is 44.6 Å². The molecule has 344 valence electrons. The number of methoxy groups -OCH3 is 1. The number of nitrogens with zero attached hydrogens (tertiary/aromatic N) is 2. The number of esters is 1. The Labute approximate surface area is 357 Å². The number of carbonyl (C=O) groups excluding carboxylic acids is 2. The lowest BCUT2D eigenvalue weighted by Gasteiger charge is -2.48. The Morgan fingerprint density at radius 3 is 2.18 bits per heavy atom. The van der Waals surface area contributed by atoms with Gasteiger partial charge < -0.3 is 63.4 Å². The number of ether oxygens (including phenoxy) is 7. The van der Waals surface area contributed by atoms with Crippen LogP contribution in [0.2, 0.25) is 0 Å². The van der Waals surface area contributed by atoms with Crippen molar-refractivity contribution in [3.63, 3.8) is 0 Å². The monoisotopic (exact) mass is 853 g/mol. The summed E-state index contributed by atoms with van der Waals surface area (Å²) in [7, 11) is 5.25. The van der Waals surface area contributed by atoms with Crippen molar-refractivity contribution in [1.29, 1.82) is 0 Å². The van der Waals surface area contributed by atoms with Crippen molar-refractivity contribution in [2.24, 2.45) is 17.8 Å². The molecule has 0 aliphatic carbocycles. The molecule has 3 saturated heterocycles. The van der Waals surface area contributed by atoms with E-state index in [0.717, 1.165) is 5.56 Å². The fourth-order valence-electron chi connectivity index (χ4n) is 9.61. The van der Waals surface area contributed by atoms with E-state index in [1.165, 1.54) is 7.11 Å². The van der Waals surface area contributed by atoms with E-state index in [1.807, 2.05) is 77.0 Å². The summed E-state index contributed by atoms with van der Waals surface area (Å²) < 4.78 is 43.8. The molecule has 3 fully saturated rings. The molecule has 60 heavy (non-hydrogen) atoms. The van der Waals surface area contributed by atoms with Crippen LogP contribution < -0.4 is 0 Å². The number of aliphatic hydroxyl groups is 4. The summed E-state index contributed by atoms with van der Waals surface area (Å²) in [6, 6.07) is 8.43. The van der Waals surface area contributed by atoms with Crippen LogP contribution in [0.4, 0.5) is 4.79 Å². The van der Waals surface area contributed by atoms with Crippen LogP contribution in [0, 0.1) is 17.8 Å². The number of likely N-dealkylation sites (N-methyl/N-ethyl adjacent to an activating group) is 1. The van der Waals surface area contributed by atoms with Gasteiger partial charge in [-0.05, 0) is 99.7 Å². The Morgan fingerprint density at radius 2 is 1.58 bits per heavy atom. The topological polar surface area (TPSA) is 186 Å². The third-order valence-corrected chi connectivity index (χ3v) is 13.1. The number of cyclic esters (lactones) is 1. The molecule has 4 N–H and O–H groups in total. The molecular formula is C45H76N2O13. The lowest BCUT2D eigenvalue weighted by Crippen LogP contribution is -2.60. The van der Waals surface area contributed by atoms with Gasteiger partial charge in [-0.3, -0.25) is 4.79 Å². The van der Waals surface area contributed by atoms with Gasteiger partial charge in [-0.15, -0.1) is 0 Å². The van der Waals surface area contributed by atoms with Crippen molar-refractivity contribution in [3.05, 3.63) is 35.9 Å². The van der Waals surface area contributed by atoms with Crippen molar-refractivity contribution in [3.8, 4) is 0 Å². The molecule has 0 unspecified atom stereocenters. The molecule has 4 rings (SSSR count). The van der Waals surface area contributed by atoms with Gasteiger partial charge in [0, 0.05) is 38.1 Å². The van der Waals surface area contributed by atoms with E-state index < -0.39 is 95.9 Å². The van der Waals surface area contributed by atoms with Crippen molar-refractivity contribution in [2.45, 2.75) is 192 Å². The molecule has 3 heterocycles. The van der Waals surface area contributed by atoms with Crippen LogP contribution in [0.15, 0.2) is 30.3 Å². The predicted molar refractivity (Wildman–Crippen MR) is 223 cm³/mol. The molecule has 15 nitrogen and oxygen atoms in total. The van der Waals surface area contributed by atoms with Crippen LogP contribution in [-0.4, -0.2) is 154 Å². The van der Waals surface area contributed by atoms with E-state index in [2.05, 4.69) is 0 Å². The molecular weight excluding hydrogens is 776 g/mol. The first-order valence-electron chi connectivity index (χ1n) is 21.8. The van der Waals surface area contributed by atoms with Crippen molar-refractivity contribution >= 4 is 12.1 Å². The quantitative estimate of drug-likeness (QED) is 0.252. The van der Waals surface area contributed by atoms with Crippen LogP contribution in [0.1, 0.15) is 107 Å². The molecule has 0 bridgehead atoms. The molecule has 0 aromatic heterocycles. The second kappa shape index (κ2) is 20.8. The van der Waals surface area contributed by atoms with E-state index in [-0.39, 0.29) is 56.9 Å². The standard InChI is InChI=1S/C45H76N2O13/c1-14-34-43(8,52)22-27(3)47(42(51)55-25-32-18-16-15-17-19-32)24-26(2)21-44(9,53)39(60-41-36(48)33(46(11)12)20-28(4)56-41)29(5)37(30(6)40(50)58-34)59-35-23-45(10,54-13)38(49)31(7)57-35/h15-19,26-31,33-39,41,48-49,52-53H,14,20-25H2,1-13H3/t26-,27-,28-,29+,30-,31+,33+,34+,35+,36-,37+,38+,39-,41+,43+,44+,45-/m1/s1. The SMILES string of the molecule is CC[C@@H]1OC(=O)[C@H](C)[C@@H](O[C@H]2C[C@@](C)(OC)[C@@H](O)[C@H](C)O2)[C@H](C)[C@@H](O[C@@H]2O[C@H](C)C[C@H](N(C)C)[C@H]2O)[C@@](C)(O)C[C@@H](C)CN(C(=O)OCc2ccccc2)[C@H](C)C[C@]1(C)O. The zero-order valence-electron chi connectivity index (χ0n) is 38.3. The normalized spacial score (nSPS) is 42.8.